The number of hydrogen-bond acceptors (Lipinski definition) is 7. The second kappa shape index (κ2) is 7.30. The molecule has 0 amide bonds. The molecule has 10 heteroatoms. The highest BCUT2D eigenvalue weighted by Crippen LogP contribution is 2.69. The maximum Gasteiger partial charge on any atom is 0.194 e. The van der Waals surface area contributed by atoms with Crippen LogP contribution in [-0.2, 0) is 6.54 Å². The van der Waals surface area contributed by atoms with Gasteiger partial charge in [0.2, 0.25) is 0 Å². The molecule has 3 aromatic rings. The third-order valence-corrected chi connectivity index (χ3v) is 7.04. The molecule has 1 aromatic carbocycles. The van der Waals surface area contributed by atoms with Crippen LogP contribution in [-0.4, -0.2) is 41.9 Å². The molecule has 0 aliphatic heterocycles. The van der Waals surface area contributed by atoms with Gasteiger partial charge in [-0.25, -0.2) is 15.0 Å². The summed E-state index contributed by atoms with van der Waals surface area (Å²) in [7, 11) is 0. The van der Waals surface area contributed by atoms with Gasteiger partial charge < -0.3 is 20.1 Å². The van der Waals surface area contributed by atoms with Gasteiger partial charge >= 0.3 is 0 Å². The lowest BCUT2D eigenvalue weighted by atomic mass is 9.96. The van der Waals surface area contributed by atoms with Gasteiger partial charge in [-0.15, -0.1) is 0 Å². The van der Waals surface area contributed by atoms with Crippen molar-refractivity contribution < 1.29 is 10.2 Å². The molecule has 154 valence electrons. The highest BCUT2D eigenvalue weighted by atomic mass is 127. The van der Waals surface area contributed by atoms with E-state index in [2.05, 4.69) is 48.9 Å². The van der Waals surface area contributed by atoms with Crippen molar-refractivity contribution in [3.8, 4) is 6.07 Å². The predicted molar refractivity (Wildman–Crippen MR) is 119 cm³/mol. The molecule has 0 bridgehead atoms. The fourth-order valence-corrected chi connectivity index (χ4v) is 5.48. The molecular weight excluding hydrogens is 519 g/mol. The second-order valence-corrected chi connectivity index (χ2v) is 9.35. The van der Waals surface area contributed by atoms with Crippen LogP contribution in [0.5, 0.6) is 0 Å². The minimum atomic E-state index is -0.968. The summed E-state index contributed by atoms with van der Waals surface area (Å²) < 4.78 is 2.37. The Hall–Kier alpha value is -2.00. The zero-order valence-corrected chi connectivity index (χ0v) is 18.6. The maximum atomic E-state index is 10.7. The SMILES string of the molecule is N#CC[C@@]12C[C@@H]1[C@@H](n1cnc3c(NCc4cccc(Cl)c4)nc(I)nc31)[C@H](O)[C@@H]2O. The fourth-order valence-electron chi connectivity index (χ4n) is 4.79. The average Bonchev–Trinajstić information content (AvgIpc) is 3.21. The normalized spacial score (nSPS) is 29.6. The number of nitriles is 1. The minimum absolute atomic E-state index is 0.0232. The van der Waals surface area contributed by atoms with Crippen LogP contribution in [0.2, 0.25) is 5.02 Å². The zero-order valence-electron chi connectivity index (χ0n) is 15.7. The molecule has 2 saturated carbocycles. The van der Waals surface area contributed by atoms with Crippen molar-refractivity contribution in [1.29, 1.82) is 5.26 Å². The van der Waals surface area contributed by atoms with Crippen LogP contribution in [0.3, 0.4) is 0 Å². The minimum Gasteiger partial charge on any atom is -0.390 e. The Morgan fingerprint density at radius 1 is 1.37 bits per heavy atom. The monoisotopic (exact) mass is 536 g/mol. The van der Waals surface area contributed by atoms with Gasteiger partial charge in [-0.1, -0.05) is 23.7 Å². The van der Waals surface area contributed by atoms with E-state index in [9.17, 15) is 10.2 Å². The van der Waals surface area contributed by atoms with E-state index in [-0.39, 0.29) is 18.4 Å². The van der Waals surface area contributed by atoms with E-state index in [0.717, 1.165) is 5.56 Å². The maximum absolute atomic E-state index is 10.7. The van der Waals surface area contributed by atoms with Crippen LogP contribution in [0.15, 0.2) is 30.6 Å². The molecule has 2 heterocycles. The van der Waals surface area contributed by atoms with E-state index in [4.69, 9.17) is 16.9 Å². The van der Waals surface area contributed by atoms with E-state index in [1.54, 1.807) is 6.33 Å². The smallest absolute Gasteiger partial charge is 0.194 e. The van der Waals surface area contributed by atoms with E-state index >= 15 is 0 Å². The van der Waals surface area contributed by atoms with Crippen molar-refractivity contribution in [1.82, 2.24) is 19.5 Å². The van der Waals surface area contributed by atoms with Gasteiger partial charge in [0.25, 0.3) is 0 Å². The van der Waals surface area contributed by atoms with Gasteiger partial charge in [0, 0.05) is 46.0 Å². The number of nitrogens with one attached hydrogen (secondary N) is 1. The topological polar surface area (TPSA) is 120 Å². The molecule has 30 heavy (non-hydrogen) atoms. The van der Waals surface area contributed by atoms with Crippen molar-refractivity contribution in [3.05, 3.63) is 45.0 Å². The summed E-state index contributed by atoms with van der Waals surface area (Å²) in [5, 5.41) is 34.4. The molecule has 3 N–H and O–H groups in total. The average molecular weight is 537 g/mol. The number of hydrogen-bond donors (Lipinski definition) is 3. The summed E-state index contributed by atoms with van der Waals surface area (Å²) in [4.78, 5) is 13.5. The molecular formula is C20H18ClIN6O2. The Labute approximate surface area is 191 Å². The highest BCUT2D eigenvalue weighted by molar-refractivity contribution is 14.1. The van der Waals surface area contributed by atoms with E-state index in [1.807, 2.05) is 28.8 Å². The second-order valence-electron chi connectivity index (χ2n) is 7.95. The quantitative estimate of drug-likeness (QED) is 0.339. The van der Waals surface area contributed by atoms with E-state index in [1.165, 1.54) is 0 Å². The molecule has 0 spiro atoms. The number of fused-ring (bicyclic) bond motifs is 2. The lowest BCUT2D eigenvalue weighted by molar-refractivity contribution is -0.0165. The van der Waals surface area contributed by atoms with Gasteiger partial charge in [-0.2, -0.15) is 5.26 Å². The fraction of sp³-hybridized carbons (Fsp3) is 0.400. The predicted octanol–water partition coefficient (Wildman–Crippen LogP) is 2.89. The highest BCUT2D eigenvalue weighted by Gasteiger charge is 2.71. The molecule has 0 unspecified atom stereocenters. The number of aliphatic hydroxyl groups excluding tert-OH is 2. The van der Waals surface area contributed by atoms with Crippen LogP contribution in [0.4, 0.5) is 5.82 Å². The number of imidazole rings is 1. The van der Waals surface area contributed by atoms with Gasteiger partial charge in [0.05, 0.1) is 24.5 Å². The molecule has 2 aromatic heterocycles. The Kier molecular flexibility index (Phi) is 4.85. The summed E-state index contributed by atoms with van der Waals surface area (Å²) in [5.74, 6) is 0.616. The summed E-state index contributed by atoms with van der Waals surface area (Å²) in [6.07, 6.45) is 0.695. The first kappa shape index (κ1) is 19.9. The number of aromatic nitrogens is 4. The van der Waals surface area contributed by atoms with Crippen LogP contribution < -0.4 is 5.32 Å². The van der Waals surface area contributed by atoms with Gasteiger partial charge in [-0.3, -0.25) is 0 Å². The summed E-state index contributed by atoms with van der Waals surface area (Å²) in [6, 6.07) is 9.36. The number of nitrogens with zero attached hydrogens (tertiary/aromatic N) is 5. The van der Waals surface area contributed by atoms with E-state index < -0.39 is 17.6 Å². The van der Waals surface area contributed by atoms with Crippen molar-refractivity contribution in [3.63, 3.8) is 0 Å². The molecule has 0 radical (unpaired) electrons. The van der Waals surface area contributed by atoms with Gasteiger partial charge in [-0.05, 0) is 30.0 Å². The Morgan fingerprint density at radius 2 is 2.20 bits per heavy atom. The number of halogens is 2. The standard InChI is InChI=1S/C20H18ClIN6O2/c21-11-3-1-2-10(6-11)8-24-17-13-18(27-19(22)26-17)28(9-25-13)14-12-7-20(12,4-5-23)16(30)15(14)29/h1-3,6,9,12,14-16,29-30H,4,7-8H2,(H,24,26,27)/t12-,14-,15+,16+,20-/m1/s1. The number of aliphatic hydroxyl groups is 2. The molecule has 2 fully saturated rings. The zero-order chi connectivity index (χ0) is 21.0. The lowest BCUT2D eigenvalue weighted by Crippen LogP contribution is -2.34. The first-order valence-corrected chi connectivity index (χ1v) is 11.0. The number of rotatable bonds is 5. The van der Waals surface area contributed by atoms with Gasteiger partial charge in [0.1, 0.15) is 6.10 Å². The Balaban J connectivity index is 1.48. The molecule has 5 atom stereocenters. The molecule has 8 nitrogen and oxygen atoms in total. The van der Waals surface area contributed by atoms with Crippen LogP contribution in [0.1, 0.15) is 24.4 Å². The third kappa shape index (κ3) is 3.05. The summed E-state index contributed by atoms with van der Waals surface area (Å²) in [5.41, 5.74) is 1.68. The van der Waals surface area contributed by atoms with Crippen LogP contribution >= 0.6 is 34.2 Å². The van der Waals surface area contributed by atoms with Crippen molar-refractivity contribution in [2.75, 3.05) is 5.32 Å². The van der Waals surface area contributed by atoms with Crippen molar-refractivity contribution >= 4 is 51.2 Å². The van der Waals surface area contributed by atoms with Crippen molar-refractivity contribution in [2.45, 2.75) is 37.6 Å². The number of benzene rings is 1. The first-order chi connectivity index (χ1) is 14.4. The molecule has 0 saturated heterocycles. The Bertz CT molecular complexity index is 1180. The lowest BCUT2D eigenvalue weighted by Gasteiger charge is -2.23. The largest absolute Gasteiger partial charge is 0.390 e. The van der Waals surface area contributed by atoms with Crippen molar-refractivity contribution in [2.24, 2.45) is 11.3 Å². The molecule has 2 aliphatic carbocycles. The summed E-state index contributed by atoms with van der Waals surface area (Å²) >= 11 is 8.12. The van der Waals surface area contributed by atoms with E-state index in [0.29, 0.717) is 38.8 Å². The first-order valence-electron chi connectivity index (χ1n) is 9.56. The number of anilines is 1. The third-order valence-electron chi connectivity index (χ3n) is 6.33. The van der Waals surface area contributed by atoms with Crippen LogP contribution in [0, 0.1) is 26.5 Å². The van der Waals surface area contributed by atoms with Gasteiger partial charge in [0.15, 0.2) is 20.8 Å². The molecule has 2 aliphatic rings. The summed E-state index contributed by atoms with van der Waals surface area (Å²) in [6.45, 7) is 0.522. The molecule has 5 rings (SSSR count). The Morgan fingerprint density at radius 3 is 2.97 bits per heavy atom. The van der Waals surface area contributed by atoms with Crippen LogP contribution in [0.25, 0.3) is 11.2 Å².